The van der Waals surface area contributed by atoms with Crippen molar-refractivity contribution in [2.45, 2.75) is 24.7 Å². The number of aromatic nitrogens is 2. The number of hydrogen-bond donors (Lipinski definition) is 0. The lowest BCUT2D eigenvalue weighted by Crippen LogP contribution is -2.29. The van der Waals surface area contributed by atoms with Gasteiger partial charge in [0.1, 0.15) is 0 Å². The summed E-state index contributed by atoms with van der Waals surface area (Å²) in [6.45, 7) is 1.69. The van der Waals surface area contributed by atoms with Crippen LogP contribution in [0, 0.1) is 5.92 Å². The quantitative estimate of drug-likeness (QED) is 0.839. The molecule has 4 rings (SSSR count). The molecule has 0 radical (unpaired) electrons. The first-order valence-electron chi connectivity index (χ1n) is 7.91. The van der Waals surface area contributed by atoms with E-state index in [0.29, 0.717) is 37.3 Å². The van der Waals surface area contributed by atoms with Gasteiger partial charge in [0, 0.05) is 32.0 Å². The van der Waals surface area contributed by atoms with Gasteiger partial charge in [-0.15, -0.1) is 0 Å². The summed E-state index contributed by atoms with van der Waals surface area (Å²) in [5, 5.41) is 4.09. The Morgan fingerprint density at radius 2 is 2.30 bits per heavy atom. The zero-order chi connectivity index (χ0) is 15.8. The molecule has 2 aliphatic rings. The maximum Gasteiger partial charge on any atom is 0.289 e. The van der Waals surface area contributed by atoms with Crippen molar-refractivity contribution in [1.82, 2.24) is 15.0 Å². The van der Waals surface area contributed by atoms with E-state index in [1.165, 1.54) is 6.26 Å². The molecule has 23 heavy (non-hydrogen) atoms. The third kappa shape index (κ3) is 2.76. The fourth-order valence-corrected chi connectivity index (χ4v) is 3.16. The van der Waals surface area contributed by atoms with Crippen molar-refractivity contribution >= 4 is 5.91 Å². The molecule has 2 atom stereocenters. The van der Waals surface area contributed by atoms with Gasteiger partial charge < -0.3 is 18.6 Å². The van der Waals surface area contributed by atoms with Crippen molar-refractivity contribution < 1.29 is 18.5 Å². The number of rotatable bonds is 5. The normalized spacial score (nSPS) is 24.3. The average molecular weight is 317 g/mol. The van der Waals surface area contributed by atoms with Crippen LogP contribution in [0.5, 0.6) is 0 Å². The SMILES string of the molecule is COC[C@@H]1CN(C(=O)c2ccco2)C[C@H]1c1nc(C2CC2)no1. The van der Waals surface area contributed by atoms with Crippen LogP contribution in [0.25, 0.3) is 0 Å². The van der Waals surface area contributed by atoms with E-state index in [2.05, 4.69) is 10.1 Å². The standard InChI is InChI=1S/C16H19N3O4/c1-21-9-11-7-19(16(20)13-3-2-6-22-13)8-12(11)15-17-14(18-23-15)10-4-5-10/h2-3,6,10-12H,4-5,7-9H2,1H3/t11-,12+/m0/s1. The van der Waals surface area contributed by atoms with E-state index < -0.39 is 0 Å². The molecule has 1 saturated carbocycles. The number of furan rings is 1. The minimum atomic E-state index is -0.111. The van der Waals surface area contributed by atoms with Crippen LogP contribution in [0.4, 0.5) is 0 Å². The summed E-state index contributed by atoms with van der Waals surface area (Å²) in [6.07, 6.45) is 3.77. The zero-order valence-corrected chi connectivity index (χ0v) is 13.0. The molecular weight excluding hydrogens is 298 g/mol. The molecule has 2 aromatic heterocycles. The number of carbonyl (C=O) groups excluding carboxylic acids is 1. The van der Waals surface area contributed by atoms with Gasteiger partial charge in [0.2, 0.25) is 5.89 Å². The Kier molecular flexibility index (Phi) is 3.65. The smallest absolute Gasteiger partial charge is 0.289 e. The largest absolute Gasteiger partial charge is 0.459 e. The van der Waals surface area contributed by atoms with Gasteiger partial charge in [0.15, 0.2) is 11.6 Å². The first-order chi connectivity index (χ1) is 11.3. The van der Waals surface area contributed by atoms with Gasteiger partial charge in [-0.1, -0.05) is 5.16 Å². The average Bonchev–Trinajstić information content (AvgIpc) is 3.00. The molecule has 1 saturated heterocycles. The Labute approximate surface area is 133 Å². The Hall–Kier alpha value is -2.15. The predicted octanol–water partition coefficient (Wildman–Crippen LogP) is 2.04. The Bertz CT molecular complexity index is 677. The summed E-state index contributed by atoms with van der Waals surface area (Å²) in [7, 11) is 1.66. The molecule has 2 aromatic rings. The predicted molar refractivity (Wildman–Crippen MR) is 79.0 cm³/mol. The number of likely N-dealkylation sites (tertiary alicyclic amines) is 1. The van der Waals surface area contributed by atoms with Gasteiger partial charge in [-0.25, -0.2) is 0 Å². The van der Waals surface area contributed by atoms with Crippen LogP contribution in [-0.2, 0) is 4.74 Å². The third-order valence-electron chi connectivity index (χ3n) is 4.56. The van der Waals surface area contributed by atoms with Gasteiger partial charge in [-0.05, 0) is 25.0 Å². The molecule has 3 heterocycles. The summed E-state index contributed by atoms with van der Waals surface area (Å²) in [5.41, 5.74) is 0. The topological polar surface area (TPSA) is 81.6 Å². The van der Waals surface area contributed by atoms with Crippen molar-refractivity contribution in [1.29, 1.82) is 0 Å². The van der Waals surface area contributed by atoms with Crippen molar-refractivity contribution in [2.24, 2.45) is 5.92 Å². The van der Waals surface area contributed by atoms with E-state index in [4.69, 9.17) is 13.7 Å². The van der Waals surface area contributed by atoms with Crippen molar-refractivity contribution in [3.05, 3.63) is 35.9 Å². The number of ether oxygens (including phenoxy) is 1. The number of carbonyl (C=O) groups is 1. The number of amides is 1. The maximum atomic E-state index is 12.5. The molecule has 122 valence electrons. The molecule has 7 nitrogen and oxygen atoms in total. The lowest BCUT2D eigenvalue weighted by molar-refractivity contribution is 0.0744. The minimum Gasteiger partial charge on any atom is -0.459 e. The summed E-state index contributed by atoms with van der Waals surface area (Å²) in [4.78, 5) is 18.8. The van der Waals surface area contributed by atoms with E-state index in [1.54, 1.807) is 24.1 Å². The van der Waals surface area contributed by atoms with Gasteiger partial charge >= 0.3 is 0 Å². The Balaban J connectivity index is 1.53. The second-order valence-corrected chi connectivity index (χ2v) is 6.27. The number of hydrogen-bond acceptors (Lipinski definition) is 6. The molecule has 7 heteroatoms. The van der Waals surface area contributed by atoms with Crippen LogP contribution < -0.4 is 0 Å². The number of methoxy groups -OCH3 is 1. The lowest BCUT2D eigenvalue weighted by atomic mass is 9.97. The molecule has 0 unspecified atom stereocenters. The molecule has 2 fully saturated rings. The van der Waals surface area contributed by atoms with Gasteiger partial charge in [0.05, 0.1) is 18.8 Å². The number of nitrogens with zero attached hydrogens (tertiary/aromatic N) is 3. The first kappa shape index (κ1) is 14.4. The van der Waals surface area contributed by atoms with E-state index >= 15 is 0 Å². The van der Waals surface area contributed by atoms with Gasteiger partial charge in [-0.3, -0.25) is 4.79 Å². The molecule has 1 aliphatic heterocycles. The highest BCUT2D eigenvalue weighted by Crippen LogP contribution is 2.40. The monoisotopic (exact) mass is 317 g/mol. The van der Waals surface area contributed by atoms with Crippen molar-refractivity contribution in [3.63, 3.8) is 0 Å². The highest BCUT2D eigenvalue weighted by Gasteiger charge is 2.41. The van der Waals surface area contributed by atoms with Crippen LogP contribution in [0.1, 0.15) is 46.9 Å². The Morgan fingerprint density at radius 3 is 3.00 bits per heavy atom. The zero-order valence-electron chi connectivity index (χ0n) is 13.0. The summed E-state index contributed by atoms with van der Waals surface area (Å²) in [6, 6.07) is 3.40. The molecule has 0 aromatic carbocycles. The highest BCUT2D eigenvalue weighted by atomic mass is 16.5. The van der Waals surface area contributed by atoms with Crippen LogP contribution in [0.15, 0.2) is 27.3 Å². The minimum absolute atomic E-state index is 0.00821. The second-order valence-electron chi connectivity index (χ2n) is 6.27. The van der Waals surface area contributed by atoms with Crippen molar-refractivity contribution in [2.75, 3.05) is 26.8 Å². The third-order valence-corrected chi connectivity index (χ3v) is 4.56. The fraction of sp³-hybridized carbons (Fsp3) is 0.562. The van der Waals surface area contributed by atoms with Gasteiger partial charge in [0.25, 0.3) is 5.91 Å². The second kappa shape index (κ2) is 5.81. The van der Waals surface area contributed by atoms with Crippen LogP contribution >= 0.6 is 0 Å². The lowest BCUT2D eigenvalue weighted by Gasteiger charge is -2.14. The maximum absolute atomic E-state index is 12.5. The highest BCUT2D eigenvalue weighted by molar-refractivity contribution is 5.91. The Morgan fingerprint density at radius 1 is 1.43 bits per heavy atom. The van der Waals surface area contributed by atoms with Crippen molar-refractivity contribution in [3.8, 4) is 0 Å². The molecule has 0 N–H and O–H groups in total. The van der Waals surface area contributed by atoms with E-state index in [0.717, 1.165) is 18.7 Å². The molecule has 0 bridgehead atoms. The molecular formula is C16H19N3O4. The summed E-state index contributed by atoms with van der Waals surface area (Å²) >= 11 is 0. The summed E-state index contributed by atoms with van der Waals surface area (Å²) in [5.74, 6) is 2.26. The van der Waals surface area contributed by atoms with E-state index in [9.17, 15) is 4.79 Å². The molecule has 1 aliphatic carbocycles. The van der Waals surface area contributed by atoms with Crippen LogP contribution in [0.3, 0.4) is 0 Å². The first-order valence-corrected chi connectivity index (χ1v) is 7.91. The van der Waals surface area contributed by atoms with Crippen LogP contribution in [0.2, 0.25) is 0 Å². The molecule has 1 amide bonds. The van der Waals surface area contributed by atoms with Gasteiger partial charge in [-0.2, -0.15) is 4.98 Å². The fourth-order valence-electron chi connectivity index (χ4n) is 3.16. The molecule has 0 spiro atoms. The summed E-state index contributed by atoms with van der Waals surface area (Å²) < 4.78 is 16.0. The van der Waals surface area contributed by atoms with E-state index in [-0.39, 0.29) is 17.7 Å². The van der Waals surface area contributed by atoms with E-state index in [1.807, 2.05) is 0 Å². The van der Waals surface area contributed by atoms with Crippen LogP contribution in [-0.4, -0.2) is 47.8 Å².